The topological polar surface area (TPSA) is 70.6 Å². The van der Waals surface area contributed by atoms with Gasteiger partial charge >= 0.3 is 0 Å². The highest BCUT2D eigenvalue weighted by atomic mass is 32.1. The van der Waals surface area contributed by atoms with Gasteiger partial charge in [-0.25, -0.2) is 0 Å². The molecule has 0 aliphatic heterocycles. The van der Waals surface area contributed by atoms with Gasteiger partial charge in [0.2, 0.25) is 5.91 Å². The minimum Gasteiger partial charge on any atom is -0.494 e. The van der Waals surface area contributed by atoms with Gasteiger partial charge < -0.3 is 10.1 Å². The zero-order chi connectivity index (χ0) is 20.0. The molecule has 2 rings (SSSR count). The number of carbonyl (C=O) groups excluding carboxylic acids is 1. The molecular weight excluding hydrogens is 372 g/mol. The van der Waals surface area contributed by atoms with Crippen LogP contribution in [-0.4, -0.2) is 29.3 Å². The second-order valence-electron chi connectivity index (χ2n) is 6.26. The van der Waals surface area contributed by atoms with E-state index in [1.54, 1.807) is 18.2 Å². The van der Waals surface area contributed by atoms with Gasteiger partial charge in [-0.1, -0.05) is 55.4 Å². The molecule has 0 fully saturated rings. The minimum absolute atomic E-state index is 0.0634. The van der Waals surface area contributed by atoms with E-state index >= 15 is 0 Å². The second kappa shape index (κ2) is 12.6. The number of ether oxygens (including phenoxy) is 1. The fraction of sp³-hybridized carbons (Fsp3) is 0.273. The van der Waals surface area contributed by atoms with Crippen LogP contribution in [0.2, 0.25) is 0 Å². The molecule has 5 nitrogen and oxygen atoms in total. The minimum atomic E-state index is -0.0634. The van der Waals surface area contributed by atoms with Crippen molar-refractivity contribution in [2.24, 2.45) is 0 Å². The lowest BCUT2D eigenvalue weighted by Gasteiger charge is -2.07. The van der Waals surface area contributed by atoms with E-state index in [1.807, 2.05) is 54.0 Å². The van der Waals surface area contributed by atoms with Crippen LogP contribution < -0.4 is 15.5 Å². The average Bonchev–Trinajstić information content (AvgIpc) is 2.74. The van der Waals surface area contributed by atoms with Gasteiger partial charge in [-0.3, -0.25) is 15.5 Å². The lowest BCUT2D eigenvalue weighted by atomic mass is 10.2. The molecule has 0 aliphatic rings. The molecule has 0 bridgehead atoms. The Bertz CT molecular complexity index is 761. The van der Waals surface area contributed by atoms with Crippen LogP contribution in [0.4, 0.5) is 0 Å². The highest BCUT2D eigenvalue weighted by Gasteiger charge is 2.00. The molecule has 0 heterocycles. The number of thiocarbonyl (C=S) groups is 1. The van der Waals surface area contributed by atoms with E-state index in [2.05, 4.69) is 5.32 Å². The summed E-state index contributed by atoms with van der Waals surface area (Å²) in [5.41, 5.74) is 3.71. The lowest BCUT2D eigenvalue weighted by Crippen LogP contribution is -2.21. The van der Waals surface area contributed by atoms with Crippen LogP contribution in [0, 0.1) is 0 Å². The fourth-order valence-corrected chi connectivity index (χ4v) is 2.68. The Hall–Kier alpha value is -2.70. The predicted molar refractivity (Wildman–Crippen MR) is 116 cm³/mol. The van der Waals surface area contributed by atoms with Crippen molar-refractivity contribution in [1.82, 2.24) is 10.8 Å². The smallest absolute Gasteiger partial charge is 0.243 e. The number of amides is 1. The predicted octanol–water partition coefficient (Wildman–Crippen LogP) is 4.11. The van der Waals surface area contributed by atoms with Crippen LogP contribution >= 0.6 is 12.2 Å². The third kappa shape index (κ3) is 8.33. The SMILES string of the molecule is O=C(C=Cc1ccccc1)NCCCCCCOc1ccc(C(=S)NO)cc1. The molecule has 2 aromatic rings. The normalized spacial score (nSPS) is 10.6. The van der Waals surface area contributed by atoms with Crippen molar-refractivity contribution in [3.8, 4) is 5.75 Å². The van der Waals surface area contributed by atoms with Gasteiger partial charge in [0.15, 0.2) is 0 Å². The number of unbranched alkanes of at least 4 members (excludes halogenated alkanes) is 3. The van der Waals surface area contributed by atoms with Gasteiger partial charge in [0.25, 0.3) is 0 Å². The highest BCUT2D eigenvalue weighted by Crippen LogP contribution is 2.13. The van der Waals surface area contributed by atoms with Gasteiger partial charge in [0.05, 0.1) is 6.61 Å². The summed E-state index contributed by atoms with van der Waals surface area (Å²) >= 11 is 4.94. The van der Waals surface area contributed by atoms with Crippen molar-refractivity contribution in [3.63, 3.8) is 0 Å². The summed E-state index contributed by atoms with van der Waals surface area (Å²) in [5, 5.41) is 11.7. The summed E-state index contributed by atoms with van der Waals surface area (Å²) in [6.45, 7) is 1.33. The highest BCUT2D eigenvalue weighted by molar-refractivity contribution is 7.80. The van der Waals surface area contributed by atoms with E-state index in [1.165, 1.54) is 0 Å². The maximum absolute atomic E-state index is 11.7. The Morgan fingerprint density at radius 3 is 2.43 bits per heavy atom. The molecule has 2 aromatic carbocycles. The van der Waals surface area contributed by atoms with E-state index in [-0.39, 0.29) is 10.9 Å². The maximum Gasteiger partial charge on any atom is 0.243 e. The zero-order valence-electron chi connectivity index (χ0n) is 15.8. The lowest BCUT2D eigenvalue weighted by molar-refractivity contribution is -0.116. The van der Waals surface area contributed by atoms with Crippen molar-refractivity contribution in [2.75, 3.05) is 13.2 Å². The summed E-state index contributed by atoms with van der Waals surface area (Å²) in [7, 11) is 0. The van der Waals surface area contributed by atoms with E-state index in [9.17, 15) is 4.79 Å². The number of benzene rings is 2. The molecule has 28 heavy (non-hydrogen) atoms. The van der Waals surface area contributed by atoms with Gasteiger partial charge in [-0.15, -0.1) is 0 Å². The van der Waals surface area contributed by atoms with Crippen molar-refractivity contribution in [1.29, 1.82) is 0 Å². The van der Waals surface area contributed by atoms with Gasteiger partial charge in [0.1, 0.15) is 10.7 Å². The van der Waals surface area contributed by atoms with Crippen molar-refractivity contribution >= 4 is 29.2 Å². The number of carbonyl (C=O) groups is 1. The monoisotopic (exact) mass is 398 g/mol. The third-order valence-corrected chi connectivity index (χ3v) is 4.41. The molecule has 0 radical (unpaired) electrons. The second-order valence-corrected chi connectivity index (χ2v) is 6.67. The first-order valence-electron chi connectivity index (χ1n) is 9.37. The molecule has 0 spiro atoms. The van der Waals surface area contributed by atoms with Crippen LogP contribution in [-0.2, 0) is 4.79 Å². The summed E-state index contributed by atoms with van der Waals surface area (Å²) in [6.07, 6.45) is 7.38. The number of hydrogen-bond acceptors (Lipinski definition) is 4. The van der Waals surface area contributed by atoms with Gasteiger partial charge in [-0.2, -0.15) is 0 Å². The van der Waals surface area contributed by atoms with Crippen molar-refractivity contribution in [2.45, 2.75) is 25.7 Å². The third-order valence-electron chi connectivity index (χ3n) is 4.08. The summed E-state index contributed by atoms with van der Waals surface area (Å²) < 4.78 is 5.69. The molecule has 0 aromatic heterocycles. The first-order chi connectivity index (χ1) is 13.7. The van der Waals surface area contributed by atoms with Crippen LogP contribution in [0.15, 0.2) is 60.7 Å². The molecule has 6 heteroatoms. The van der Waals surface area contributed by atoms with Crippen molar-refractivity contribution < 1.29 is 14.7 Å². The Balaban J connectivity index is 1.50. The molecule has 1 amide bonds. The molecule has 3 N–H and O–H groups in total. The molecule has 0 saturated heterocycles. The first kappa shape index (κ1) is 21.6. The van der Waals surface area contributed by atoms with Gasteiger partial charge in [0, 0.05) is 18.2 Å². The average molecular weight is 399 g/mol. The first-order valence-corrected chi connectivity index (χ1v) is 9.78. The molecule has 0 unspecified atom stereocenters. The van der Waals surface area contributed by atoms with E-state index < -0.39 is 0 Å². The van der Waals surface area contributed by atoms with Crippen LogP contribution in [0.25, 0.3) is 6.08 Å². The zero-order valence-corrected chi connectivity index (χ0v) is 16.6. The maximum atomic E-state index is 11.7. The largest absolute Gasteiger partial charge is 0.494 e. The number of hydroxylamine groups is 1. The van der Waals surface area contributed by atoms with E-state index in [4.69, 9.17) is 22.2 Å². The summed E-state index contributed by atoms with van der Waals surface area (Å²) in [6, 6.07) is 17.0. The van der Waals surface area contributed by atoms with E-state index in [0.717, 1.165) is 42.6 Å². The van der Waals surface area contributed by atoms with Crippen LogP contribution in [0.1, 0.15) is 36.8 Å². The quantitative estimate of drug-likeness (QED) is 0.230. The Labute approximate surface area is 171 Å². The molecule has 0 atom stereocenters. The number of hydrogen-bond donors (Lipinski definition) is 3. The number of nitrogens with one attached hydrogen (secondary N) is 2. The molecule has 0 aliphatic carbocycles. The summed E-state index contributed by atoms with van der Waals surface area (Å²) in [4.78, 5) is 12.0. The summed E-state index contributed by atoms with van der Waals surface area (Å²) in [5.74, 6) is 0.716. The molecule has 0 saturated carbocycles. The van der Waals surface area contributed by atoms with E-state index in [0.29, 0.717) is 13.2 Å². The molecule has 148 valence electrons. The molecular formula is C22H26N2O3S. The number of rotatable bonds is 11. The fourth-order valence-electron chi connectivity index (χ4n) is 2.54. The Kier molecular flexibility index (Phi) is 9.75. The van der Waals surface area contributed by atoms with Gasteiger partial charge in [-0.05, 0) is 48.7 Å². The Morgan fingerprint density at radius 1 is 1.00 bits per heavy atom. The van der Waals surface area contributed by atoms with Crippen LogP contribution in [0.5, 0.6) is 5.75 Å². The Morgan fingerprint density at radius 2 is 1.71 bits per heavy atom. The van der Waals surface area contributed by atoms with Crippen LogP contribution in [0.3, 0.4) is 0 Å². The van der Waals surface area contributed by atoms with Crippen molar-refractivity contribution in [3.05, 3.63) is 71.8 Å². The standard InChI is InChI=1S/C22H26N2O3S/c25-21(15-10-18-8-4-3-5-9-18)23-16-6-1-2-7-17-27-20-13-11-19(12-14-20)22(28)24-26/h3-5,8-15,26H,1-2,6-7,16-17H2,(H,23,25)(H,24,28).